The largest absolute Gasteiger partial charge is 0.394 e. The Morgan fingerprint density at radius 3 is 2.48 bits per heavy atom. The molecule has 0 fully saturated rings. The van der Waals surface area contributed by atoms with Crippen LogP contribution in [-0.4, -0.2) is 36.6 Å². The van der Waals surface area contributed by atoms with Gasteiger partial charge < -0.3 is 14.1 Å². The maximum atomic E-state index is 12.1. The molecule has 27 heavy (non-hydrogen) atoms. The summed E-state index contributed by atoms with van der Waals surface area (Å²) in [5, 5.41) is 0.474. The minimum atomic E-state index is -4.67. The average molecular weight is 417 g/mol. The second kappa shape index (κ2) is 8.48. The lowest BCUT2D eigenvalue weighted by atomic mass is 10.2. The fraction of sp³-hybridized carbons (Fsp3) is 0.267. The maximum Gasteiger partial charge on any atom is 0.394 e. The Bertz CT molecular complexity index is 1140. The Hall–Kier alpha value is -2.47. The highest BCUT2D eigenvalue weighted by Gasteiger charge is 2.11. The van der Waals surface area contributed by atoms with Gasteiger partial charge in [-0.05, 0) is 18.6 Å². The van der Waals surface area contributed by atoms with Crippen LogP contribution in [0.1, 0.15) is 19.8 Å². The van der Waals surface area contributed by atoms with E-state index in [9.17, 15) is 9.59 Å². The molecule has 0 spiro atoms. The molecule has 1 aromatic carbocycles. The number of nitrogens with one attached hydrogen (secondary N) is 1. The number of H-pyrrole nitrogens is 1. The summed E-state index contributed by atoms with van der Waals surface area (Å²) < 4.78 is 34.9. The molecule has 0 atom stereocenters. The molecule has 3 N–H and O–H groups in total. The number of rotatable bonds is 4. The van der Waals surface area contributed by atoms with Gasteiger partial charge in [-0.1, -0.05) is 24.9 Å². The van der Waals surface area contributed by atoms with Crippen molar-refractivity contribution in [3.63, 3.8) is 0 Å². The van der Waals surface area contributed by atoms with Gasteiger partial charge in [0.2, 0.25) is 0 Å². The molecule has 0 aliphatic carbocycles. The number of aromatic amines is 1. The summed E-state index contributed by atoms with van der Waals surface area (Å²) in [6.07, 6.45) is 6.81. The number of nitrogens with zero attached hydrogens (tertiary/aromatic N) is 3. The van der Waals surface area contributed by atoms with E-state index in [4.69, 9.17) is 29.1 Å². The van der Waals surface area contributed by atoms with Crippen LogP contribution < -0.4 is 11.1 Å². The van der Waals surface area contributed by atoms with Crippen LogP contribution in [0.3, 0.4) is 0 Å². The van der Waals surface area contributed by atoms with Gasteiger partial charge in [0.15, 0.2) is 0 Å². The first-order valence-corrected chi connectivity index (χ1v) is 9.54. The van der Waals surface area contributed by atoms with Gasteiger partial charge >= 0.3 is 21.5 Å². The SMILES string of the molecule is CCCCn1c(=O)c(=O)[nH]c2cc(Cl)c(-n3ccnc3)cc21.O=S(=O)(O)O. The fourth-order valence-electron chi connectivity index (χ4n) is 2.42. The van der Waals surface area contributed by atoms with E-state index in [0.29, 0.717) is 28.3 Å². The molecule has 0 amide bonds. The van der Waals surface area contributed by atoms with E-state index in [1.165, 1.54) is 4.57 Å². The quantitative estimate of drug-likeness (QED) is 0.432. The Morgan fingerprint density at radius 1 is 1.26 bits per heavy atom. The standard InChI is InChI=1S/C15H15ClN4O2.H2O4S/c1-2-3-5-20-13-8-12(19-6-4-17-9-19)10(16)7-11(13)18-14(21)15(20)22;1-5(2,3)4/h4,6-9H,2-3,5H2,1H3,(H,18,21);(H2,1,2,3,4). The first kappa shape index (κ1) is 20.8. The van der Waals surface area contributed by atoms with Crippen LogP contribution >= 0.6 is 11.6 Å². The second-order valence-electron chi connectivity index (χ2n) is 5.50. The molecule has 0 radical (unpaired) electrons. The number of hydrogen-bond acceptors (Lipinski definition) is 5. The number of aryl methyl sites for hydroxylation is 1. The molecule has 3 rings (SSSR count). The second-order valence-corrected chi connectivity index (χ2v) is 6.81. The predicted molar refractivity (Wildman–Crippen MR) is 100 cm³/mol. The normalized spacial score (nSPS) is 11.3. The van der Waals surface area contributed by atoms with E-state index in [2.05, 4.69) is 9.97 Å². The third-order valence-electron chi connectivity index (χ3n) is 3.56. The van der Waals surface area contributed by atoms with E-state index in [1.807, 2.05) is 6.92 Å². The maximum absolute atomic E-state index is 12.1. The van der Waals surface area contributed by atoms with Crippen molar-refractivity contribution in [3.05, 3.63) is 56.6 Å². The van der Waals surface area contributed by atoms with Crippen LogP contribution in [0.4, 0.5) is 0 Å². The van der Waals surface area contributed by atoms with Crippen LogP contribution in [-0.2, 0) is 16.9 Å². The van der Waals surface area contributed by atoms with Crippen LogP contribution in [0.2, 0.25) is 5.02 Å². The number of imidazole rings is 1. The third-order valence-corrected chi connectivity index (χ3v) is 3.86. The van der Waals surface area contributed by atoms with Crippen molar-refractivity contribution in [2.24, 2.45) is 0 Å². The van der Waals surface area contributed by atoms with Gasteiger partial charge in [0.1, 0.15) is 0 Å². The van der Waals surface area contributed by atoms with Gasteiger partial charge in [0.05, 0.1) is 28.1 Å². The van der Waals surface area contributed by atoms with Crippen molar-refractivity contribution in [1.82, 2.24) is 19.1 Å². The van der Waals surface area contributed by atoms with Crippen LogP contribution in [0.25, 0.3) is 16.7 Å². The zero-order valence-electron chi connectivity index (χ0n) is 14.2. The van der Waals surface area contributed by atoms with E-state index in [0.717, 1.165) is 12.8 Å². The van der Waals surface area contributed by atoms with Gasteiger partial charge in [-0.15, -0.1) is 0 Å². The van der Waals surface area contributed by atoms with Gasteiger partial charge in [0.25, 0.3) is 0 Å². The molecular weight excluding hydrogens is 400 g/mol. The molecule has 0 saturated heterocycles. The summed E-state index contributed by atoms with van der Waals surface area (Å²) >= 11 is 6.29. The number of fused-ring (bicyclic) bond motifs is 1. The number of unbranched alkanes of at least 4 members (excludes halogenated alkanes) is 1. The molecule has 10 nitrogen and oxygen atoms in total. The molecular formula is C15H17ClN4O6S. The van der Waals surface area contributed by atoms with Crippen molar-refractivity contribution >= 4 is 33.0 Å². The number of benzene rings is 1. The molecule has 146 valence electrons. The fourth-order valence-corrected chi connectivity index (χ4v) is 2.68. The van der Waals surface area contributed by atoms with Gasteiger partial charge in [-0.25, -0.2) is 4.98 Å². The van der Waals surface area contributed by atoms with E-state index in [-0.39, 0.29) is 0 Å². The van der Waals surface area contributed by atoms with Crippen molar-refractivity contribution in [3.8, 4) is 5.69 Å². The summed E-state index contributed by atoms with van der Waals surface area (Å²) in [4.78, 5) is 30.5. The zero-order valence-corrected chi connectivity index (χ0v) is 15.7. The molecule has 0 unspecified atom stereocenters. The van der Waals surface area contributed by atoms with Crippen molar-refractivity contribution < 1.29 is 17.5 Å². The highest BCUT2D eigenvalue weighted by atomic mass is 35.5. The third kappa shape index (κ3) is 5.50. The van der Waals surface area contributed by atoms with Gasteiger partial charge in [-0.3, -0.25) is 18.7 Å². The summed E-state index contributed by atoms with van der Waals surface area (Å²) in [7, 11) is -4.67. The minimum absolute atomic E-state index is 0.474. The van der Waals surface area contributed by atoms with Crippen molar-refractivity contribution in [2.45, 2.75) is 26.3 Å². The summed E-state index contributed by atoms with van der Waals surface area (Å²) in [6.45, 7) is 2.54. The zero-order chi connectivity index (χ0) is 20.2. The number of halogens is 1. The molecule has 0 bridgehead atoms. The molecule has 3 aromatic rings. The van der Waals surface area contributed by atoms with E-state index < -0.39 is 21.5 Å². The monoisotopic (exact) mass is 416 g/mol. The molecule has 0 saturated carbocycles. The molecule has 0 aliphatic rings. The summed E-state index contributed by atoms with van der Waals surface area (Å²) in [6, 6.07) is 3.46. The Balaban J connectivity index is 0.000000465. The first-order chi connectivity index (χ1) is 12.6. The van der Waals surface area contributed by atoms with E-state index in [1.54, 1.807) is 35.4 Å². The van der Waals surface area contributed by atoms with Crippen LogP contribution in [0.15, 0.2) is 40.4 Å². The highest BCUT2D eigenvalue weighted by Crippen LogP contribution is 2.25. The predicted octanol–water partition coefficient (Wildman–Crippen LogP) is 1.68. The first-order valence-electron chi connectivity index (χ1n) is 7.76. The molecule has 0 aliphatic heterocycles. The smallest absolute Gasteiger partial charge is 0.316 e. The van der Waals surface area contributed by atoms with Crippen molar-refractivity contribution in [2.75, 3.05) is 0 Å². The van der Waals surface area contributed by atoms with Crippen LogP contribution in [0, 0.1) is 0 Å². The number of hydrogen-bond donors (Lipinski definition) is 3. The van der Waals surface area contributed by atoms with Crippen LogP contribution in [0.5, 0.6) is 0 Å². The molecule has 12 heteroatoms. The Labute approximate surface area is 158 Å². The molecule has 2 aromatic heterocycles. The van der Waals surface area contributed by atoms with Crippen molar-refractivity contribution in [1.29, 1.82) is 0 Å². The lowest BCUT2D eigenvalue weighted by molar-refractivity contribution is 0.381. The topological polar surface area (TPSA) is 147 Å². The summed E-state index contributed by atoms with van der Waals surface area (Å²) in [5.74, 6) is 0. The van der Waals surface area contributed by atoms with Gasteiger partial charge in [0, 0.05) is 18.9 Å². The number of aromatic nitrogens is 4. The lowest BCUT2D eigenvalue weighted by Gasteiger charge is -2.12. The highest BCUT2D eigenvalue weighted by molar-refractivity contribution is 7.79. The Morgan fingerprint density at radius 2 is 1.93 bits per heavy atom. The Kier molecular flexibility index (Phi) is 6.54. The minimum Gasteiger partial charge on any atom is -0.316 e. The van der Waals surface area contributed by atoms with E-state index >= 15 is 0 Å². The average Bonchev–Trinajstić information content (AvgIpc) is 3.08. The lowest BCUT2D eigenvalue weighted by Crippen LogP contribution is -2.36. The summed E-state index contributed by atoms with van der Waals surface area (Å²) in [5.41, 5.74) is 0.749. The van der Waals surface area contributed by atoms with Gasteiger partial charge in [-0.2, -0.15) is 8.42 Å². The molecule has 2 heterocycles.